The first-order chi connectivity index (χ1) is 10.2. The molecule has 0 radical (unpaired) electrons. The lowest BCUT2D eigenvalue weighted by molar-refractivity contribution is -0.122. The molecule has 1 aromatic rings. The summed E-state index contributed by atoms with van der Waals surface area (Å²) in [4.78, 5) is 11.2. The quantitative estimate of drug-likeness (QED) is 0.514. The molecule has 0 atom stereocenters. The Kier molecular flexibility index (Phi) is 7.79. The molecule has 1 amide bonds. The summed E-state index contributed by atoms with van der Waals surface area (Å²) >= 11 is 0. The second-order valence-electron chi connectivity index (χ2n) is 4.16. The minimum atomic E-state index is -0.533. The summed E-state index contributed by atoms with van der Waals surface area (Å²) in [5, 5.41) is 13.7. The van der Waals surface area contributed by atoms with E-state index in [1.165, 1.54) is 12.1 Å². The Labute approximate surface area is 122 Å². The van der Waals surface area contributed by atoms with Crippen LogP contribution in [0.3, 0.4) is 0 Å². The zero-order chi connectivity index (χ0) is 15.5. The molecule has 0 saturated carbocycles. The van der Waals surface area contributed by atoms with Crippen LogP contribution < -0.4 is 15.4 Å². The van der Waals surface area contributed by atoms with Gasteiger partial charge in [-0.25, -0.2) is 4.39 Å². The average molecular weight is 295 g/mol. The molecule has 114 valence electrons. The maximum Gasteiger partial charge on any atom is 0.258 e. The smallest absolute Gasteiger partial charge is 0.258 e. The lowest BCUT2D eigenvalue weighted by atomic mass is 10.2. The third kappa shape index (κ3) is 6.70. The van der Waals surface area contributed by atoms with Crippen molar-refractivity contribution in [3.8, 4) is 11.8 Å². The number of methoxy groups -OCH3 is 1. The second-order valence-corrected chi connectivity index (χ2v) is 4.16. The molecule has 0 unspecified atom stereocenters. The van der Waals surface area contributed by atoms with E-state index in [2.05, 4.69) is 10.6 Å². The number of benzene rings is 1. The predicted octanol–water partition coefficient (Wildman–Crippen LogP) is 0.580. The van der Waals surface area contributed by atoms with Crippen molar-refractivity contribution in [1.82, 2.24) is 10.6 Å². The van der Waals surface area contributed by atoms with Crippen LogP contribution in [0.1, 0.15) is 5.56 Å². The Morgan fingerprint density at radius 3 is 2.95 bits per heavy atom. The van der Waals surface area contributed by atoms with Crippen LogP contribution in [0.15, 0.2) is 18.2 Å². The summed E-state index contributed by atoms with van der Waals surface area (Å²) < 4.78 is 23.7. The molecule has 0 aliphatic heterocycles. The van der Waals surface area contributed by atoms with Crippen molar-refractivity contribution in [2.45, 2.75) is 6.54 Å². The fraction of sp³-hybridized carbons (Fsp3) is 0.429. The molecule has 1 aromatic carbocycles. The molecule has 0 fully saturated rings. The fourth-order valence-corrected chi connectivity index (χ4v) is 1.51. The minimum Gasteiger partial charge on any atom is -0.481 e. The molecule has 6 nitrogen and oxygen atoms in total. The molecular formula is C14H18FN3O3. The number of hydrogen-bond acceptors (Lipinski definition) is 5. The SMILES string of the molecule is COCCNCc1ccc(OCC(=O)NCC#N)c(F)c1. The largest absolute Gasteiger partial charge is 0.481 e. The monoisotopic (exact) mass is 295 g/mol. The first-order valence-electron chi connectivity index (χ1n) is 6.42. The number of amides is 1. The zero-order valence-electron chi connectivity index (χ0n) is 11.8. The molecular weight excluding hydrogens is 277 g/mol. The number of nitriles is 1. The average Bonchev–Trinajstić information content (AvgIpc) is 2.48. The van der Waals surface area contributed by atoms with Crippen LogP contribution in [0.2, 0.25) is 0 Å². The zero-order valence-corrected chi connectivity index (χ0v) is 11.8. The van der Waals surface area contributed by atoms with Crippen molar-refractivity contribution in [2.75, 3.05) is 33.4 Å². The highest BCUT2D eigenvalue weighted by molar-refractivity contribution is 5.77. The summed E-state index contributed by atoms with van der Waals surface area (Å²) in [6.07, 6.45) is 0. The standard InChI is InChI=1S/C14H18FN3O3/c1-20-7-6-17-9-11-2-3-13(12(15)8-11)21-10-14(19)18-5-4-16/h2-3,8,17H,5-7,9-10H2,1H3,(H,18,19). The van der Waals surface area contributed by atoms with E-state index >= 15 is 0 Å². The Balaban J connectivity index is 2.43. The Morgan fingerprint density at radius 1 is 1.48 bits per heavy atom. The number of ether oxygens (including phenoxy) is 2. The van der Waals surface area contributed by atoms with E-state index in [1.54, 1.807) is 19.2 Å². The maximum absolute atomic E-state index is 13.8. The van der Waals surface area contributed by atoms with Gasteiger partial charge in [0.2, 0.25) is 0 Å². The van der Waals surface area contributed by atoms with Gasteiger partial charge in [-0.15, -0.1) is 0 Å². The van der Waals surface area contributed by atoms with E-state index in [0.29, 0.717) is 19.7 Å². The van der Waals surface area contributed by atoms with Gasteiger partial charge >= 0.3 is 0 Å². The number of rotatable bonds is 9. The van der Waals surface area contributed by atoms with Gasteiger partial charge in [0, 0.05) is 20.2 Å². The minimum absolute atomic E-state index is 0.00255. The second kappa shape index (κ2) is 9.69. The highest BCUT2D eigenvalue weighted by Crippen LogP contribution is 2.18. The number of hydrogen-bond donors (Lipinski definition) is 2. The van der Waals surface area contributed by atoms with Crippen molar-refractivity contribution in [1.29, 1.82) is 5.26 Å². The van der Waals surface area contributed by atoms with Crippen molar-refractivity contribution >= 4 is 5.91 Å². The third-order valence-electron chi connectivity index (χ3n) is 2.53. The molecule has 1 rings (SSSR count). The molecule has 0 bridgehead atoms. The van der Waals surface area contributed by atoms with Crippen molar-refractivity contribution in [3.63, 3.8) is 0 Å². The van der Waals surface area contributed by atoms with E-state index in [9.17, 15) is 9.18 Å². The van der Waals surface area contributed by atoms with Crippen LogP contribution in [0.4, 0.5) is 4.39 Å². The van der Waals surface area contributed by atoms with Crippen molar-refractivity contribution < 1.29 is 18.7 Å². The number of carbonyl (C=O) groups is 1. The summed E-state index contributed by atoms with van der Waals surface area (Å²) in [7, 11) is 1.61. The number of carbonyl (C=O) groups excluding carboxylic acids is 1. The first kappa shape index (κ1) is 16.9. The fourth-order valence-electron chi connectivity index (χ4n) is 1.51. The van der Waals surface area contributed by atoms with E-state index in [1.807, 2.05) is 0 Å². The number of nitrogens with one attached hydrogen (secondary N) is 2. The van der Waals surface area contributed by atoms with Crippen molar-refractivity contribution in [2.24, 2.45) is 0 Å². The van der Waals surface area contributed by atoms with E-state index < -0.39 is 11.7 Å². The van der Waals surface area contributed by atoms with Crippen LogP contribution >= 0.6 is 0 Å². The highest BCUT2D eigenvalue weighted by atomic mass is 19.1. The molecule has 0 heterocycles. The van der Waals surface area contributed by atoms with Gasteiger partial charge in [0.05, 0.1) is 12.7 Å². The van der Waals surface area contributed by atoms with Gasteiger partial charge in [-0.3, -0.25) is 4.79 Å². The molecule has 0 aliphatic rings. The van der Waals surface area contributed by atoms with Gasteiger partial charge in [-0.2, -0.15) is 5.26 Å². The first-order valence-corrected chi connectivity index (χ1v) is 6.42. The van der Waals surface area contributed by atoms with Gasteiger partial charge in [-0.05, 0) is 17.7 Å². The Hall–Kier alpha value is -2.17. The predicted molar refractivity (Wildman–Crippen MR) is 74.1 cm³/mol. The molecule has 2 N–H and O–H groups in total. The van der Waals surface area contributed by atoms with Gasteiger partial charge in [0.15, 0.2) is 18.2 Å². The molecule has 0 aliphatic carbocycles. The van der Waals surface area contributed by atoms with E-state index in [0.717, 1.165) is 5.56 Å². The lowest BCUT2D eigenvalue weighted by Gasteiger charge is -2.09. The van der Waals surface area contributed by atoms with E-state index in [4.69, 9.17) is 14.7 Å². The number of halogens is 1. The van der Waals surface area contributed by atoms with Crippen LogP contribution in [-0.2, 0) is 16.1 Å². The van der Waals surface area contributed by atoms with Gasteiger partial charge in [0.25, 0.3) is 5.91 Å². The molecule has 21 heavy (non-hydrogen) atoms. The summed E-state index contributed by atoms with van der Waals surface area (Å²) in [6, 6.07) is 6.30. The van der Waals surface area contributed by atoms with Crippen molar-refractivity contribution in [3.05, 3.63) is 29.6 Å². The van der Waals surface area contributed by atoms with Gasteiger partial charge < -0.3 is 20.1 Å². The topological polar surface area (TPSA) is 83.4 Å². The van der Waals surface area contributed by atoms with Crippen LogP contribution in [0, 0.1) is 17.1 Å². The van der Waals surface area contributed by atoms with Crippen LogP contribution in [0.25, 0.3) is 0 Å². The van der Waals surface area contributed by atoms with E-state index in [-0.39, 0.29) is 18.9 Å². The molecule has 0 saturated heterocycles. The van der Waals surface area contributed by atoms with Crippen LogP contribution in [-0.4, -0.2) is 39.3 Å². The Bertz CT molecular complexity index is 503. The van der Waals surface area contributed by atoms with Crippen LogP contribution in [0.5, 0.6) is 5.75 Å². The third-order valence-corrected chi connectivity index (χ3v) is 2.53. The maximum atomic E-state index is 13.8. The van der Waals surface area contributed by atoms with Gasteiger partial charge in [0.1, 0.15) is 6.54 Å². The highest BCUT2D eigenvalue weighted by Gasteiger charge is 2.07. The molecule has 7 heteroatoms. The molecule has 0 aromatic heterocycles. The summed E-state index contributed by atoms with van der Waals surface area (Å²) in [5.41, 5.74) is 0.768. The number of nitrogens with zero attached hydrogens (tertiary/aromatic N) is 1. The van der Waals surface area contributed by atoms with Gasteiger partial charge in [-0.1, -0.05) is 6.07 Å². The summed E-state index contributed by atoms with van der Waals surface area (Å²) in [5.74, 6) is -1.00. The Morgan fingerprint density at radius 2 is 2.29 bits per heavy atom. The normalized spacial score (nSPS) is 9.95. The lowest BCUT2D eigenvalue weighted by Crippen LogP contribution is -2.29. The summed E-state index contributed by atoms with van der Waals surface area (Å²) in [6.45, 7) is 1.35. The molecule has 0 spiro atoms.